The Kier molecular flexibility index (Phi) is 37.6. The van der Waals surface area contributed by atoms with Crippen molar-refractivity contribution in [1.82, 2.24) is 10.6 Å². The number of nitrogens with one attached hydrogen (secondary N) is 2. The molecule has 0 aromatic rings. The Morgan fingerprint density at radius 3 is 1.50 bits per heavy atom. The number of rotatable bonds is 46. The lowest BCUT2D eigenvalue weighted by Gasteiger charge is -2.16. The number of ketones is 3. The van der Waals surface area contributed by atoms with Gasteiger partial charge >= 0.3 is 17.9 Å². The Hall–Kier alpha value is -3.80. The third-order valence-electron chi connectivity index (χ3n) is 10.2. The lowest BCUT2D eigenvalue weighted by Crippen LogP contribution is -2.41. The molecule has 0 saturated carbocycles. The topological polar surface area (TPSA) is 258 Å². The maximum atomic E-state index is 12.5. The number of ether oxygens (including phenoxy) is 4. The van der Waals surface area contributed by atoms with Gasteiger partial charge < -0.3 is 44.9 Å². The first-order valence-electron chi connectivity index (χ1n) is 22.8. The molecule has 0 unspecified atom stereocenters. The number of carbonyl (C=O) groups excluding carboxylic acids is 5. The molecule has 358 valence electrons. The third-order valence-corrected chi connectivity index (χ3v) is 10.2. The Morgan fingerprint density at radius 2 is 0.968 bits per heavy atom. The van der Waals surface area contributed by atoms with Gasteiger partial charge in [0.05, 0.1) is 39.0 Å². The van der Waals surface area contributed by atoms with Crippen LogP contribution in [0.25, 0.3) is 0 Å². The fourth-order valence-corrected chi connectivity index (χ4v) is 6.30. The van der Waals surface area contributed by atoms with Gasteiger partial charge in [0.2, 0.25) is 11.8 Å². The van der Waals surface area contributed by atoms with E-state index in [0.717, 1.165) is 51.4 Å². The smallest absolute Gasteiger partial charge is 0.326 e. The Labute approximate surface area is 368 Å². The van der Waals surface area contributed by atoms with Gasteiger partial charge in [0.25, 0.3) is 0 Å². The van der Waals surface area contributed by atoms with E-state index >= 15 is 0 Å². The highest BCUT2D eigenvalue weighted by Crippen LogP contribution is 2.17. The zero-order chi connectivity index (χ0) is 46.2. The Bertz CT molecular complexity index is 1280. The molecule has 0 fully saturated rings. The summed E-state index contributed by atoms with van der Waals surface area (Å²) in [5.74, 6) is -5.67. The summed E-state index contributed by atoms with van der Waals surface area (Å²) in [6, 6.07) is -1.32. The monoisotopic (exact) mass is 887 g/mol. The van der Waals surface area contributed by atoms with E-state index in [9.17, 15) is 48.6 Å². The number of hydrogen-bond donors (Lipinski definition) is 5. The second-order valence-corrected chi connectivity index (χ2v) is 16.1. The summed E-state index contributed by atoms with van der Waals surface area (Å²) in [6.07, 6.45) is 15.1. The number of aliphatic carboxylic acids is 3. The number of hydrogen-bond acceptors (Lipinski definition) is 12. The van der Waals surface area contributed by atoms with Crippen molar-refractivity contribution in [3.05, 3.63) is 0 Å². The van der Waals surface area contributed by atoms with Crippen LogP contribution in [0, 0.1) is 11.8 Å². The number of carboxylic acid groups (broad SMARTS) is 3. The SMILES string of the molecule is CC(C)C(=O)COCCOCCNC(=O)COCCOCCCC(=O)CC[C@H](NC(=O)CC[C@H](CC(=O)CCCCCCCCCCCCCCCCC(=O)O)C(=O)O)C(=O)O. The molecule has 0 aliphatic carbocycles. The Morgan fingerprint density at radius 1 is 0.468 bits per heavy atom. The highest BCUT2D eigenvalue weighted by molar-refractivity contribution is 5.86. The predicted octanol–water partition coefficient (Wildman–Crippen LogP) is 5.86. The van der Waals surface area contributed by atoms with Crippen molar-refractivity contribution < 1.29 is 72.6 Å². The lowest BCUT2D eigenvalue weighted by molar-refractivity contribution is -0.145. The number of carboxylic acids is 3. The summed E-state index contributed by atoms with van der Waals surface area (Å²) in [4.78, 5) is 94.8. The first kappa shape index (κ1) is 58.2. The van der Waals surface area contributed by atoms with Crippen LogP contribution in [0.15, 0.2) is 0 Å². The van der Waals surface area contributed by atoms with Crippen LogP contribution in [0.3, 0.4) is 0 Å². The minimum atomic E-state index is -1.32. The van der Waals surface area contributed by atoms with Crippen molar-refractivity contribution >= 4 is 47.1 Å². The summed E-state index contributed by atoms with van der Waals surface area (Å²) >= 11 is 0. The third kappa shape index (κ3) is 37.9. The van der Waals surface area contributed by atoms with Crippen LogP contribution in [0.2, 0.25) is 0 Å². The maximum absolute atomic E-state index is 12.5. The Balaban J connectivity index is 3.98. The lowest BCUT2D eigenvalue weighted by atomic mass is 9.94. The van der Waals surface area contributed by atoms with E-state index in [0.29, 0.717) is 26.0 Å². The molecule has 0 heterocycles. The molecule has 0 aliphatic heterocycles. The molecule has 0 saturated heterocycles. The van der Waals surface area contributed by atoms with Gasteiger partial charge in [0, 0.05) is 57.6 Å². The van der Waals surface area contributed by atoms with E-state index in [1.807, 2.05) is 0 Å². The molecule has 0 aliphatic rings. The molecule has 0 aromatic carbocycles. The summed E-state index contributed by atoms with van der Waals surface area (Å²) in [5, 5.41) is 32.9. The van der Waals surface area contributed by atoms with Gasteiger partial charge in [0.15, 0.2) is 5.78 Å². The van der Waals surface area contributed by atoms with Crippen LogP contribution < -0.4 is 10.6 Å². The van der Waals surface area contributed by atoms with Gasteiger partial charge in [0.1, 0.15) is 30.8 Å². The van der Waals surface area contributed by atoms with Crippen molar-refractivity contribution in [2.75, 3.05) is 59.4 Å². The van der Waals surface area contributed by atoms with Gasteiger partial charge in [-0.05, 0) is 32.1 Å². The summed E-state index contributed by atoms with van der Waals surface area (Å²) in [5.41, 5.74) is 0. The van der Waals surface area contributed by atoms with E-state index in [2.05, 4.69) is 10.6 Å². The van der Waals surface area contributed by atoms with Crippen LogP contribution in [-0.4, -0.2) is 128 Å². The minimum Gasteiger partial charge on any atom is -0.481 e. The van der Waals surface area contributed by atoms with Crippen LogP contribution in [0.5, 0.6) is 0 Å². The second kappa shape index (κ2) is 40.0. The summed E-state index contributed by atoms with van der Waals surface area (Å²) in [7, 11) is 0. The molecule has 17 heteroatoms. The zero-order valence-corrected chi connectivity index (χ0v) is 37.6. The zero-order valence-electron chi connectivity index (χ0n) is 37.6. The number of Topliss-reactive ketones (excluding diaryl/α,β-unsaturated/α-hetero) is 3. The molecule has 62 heavy (non-hydrogen) atoms. The van der Waals surface area contributed by atoms with Crippen molar-refractivity contribution in [3.8, 4) is 0 Å². The fourth-order valence-electron chi connectivity index (χ4n) is 6.30. The molecule has 5 N–H and O–H groups in total. The van der Waals surface area contributed by atoms with E-state index in [-0.39, 0.29) is 127 Å². The number of carbonyl (C=O) groups is 8. The molecule has 17 nitrogen and oxygen atoms in total. The van der Waals surface area contributed by atoms with Gasteiger partial charge in [-0.25, -0.2) is 4.79 Å². The minimum absolute atomic E-state index is 0.0251. The van der Waals surface area contributed by atoms with Gasteiger partial charge in [-0.3, -0.25) is 33.6 Å². The van der Waals surface area contributed by atoms with Crippen molar-refractivity contribution in [3.63, 3.8) is 0 Å². The molecule has 0 bridgehead atoms. The van der Waals surface area contributed by atoms with E-state index in [1.165, 1.54) is 32.1 Å². The normalized spacial score (nSPS) is 12.2. The predicted molar refractivity (Wildman–Crippen MR) is 231 cm³/mol. The van der Waals surface area contributed by atoms with Crippen molar-refractivity contribution in [2.45, 2.75) is 168 Å². The van der Waals surface area contributed by atoms with Gasteiger partial charge in [-0.15, -0.1) is 0 Å². The highest BCUT2D eigenvalue weighted by atomic mass is 16.5. The second-order valence-electron chi connectivity index (χ2n) is 16.1. The average Bonchev–Trinajstić information content (AvgIpc) is 3.22. The van der Waals surface area contributed by atoms with Crippen LogP contribution >= 0.6 is 0 Å². The first-order valence-corrected chi connectivity index (χ1v) is 22.8. The van der Waals surface area contributed by atoms with Crippen LogP contribution in [0.4, 0.5) is 0 Å². The van der Waals surface area contributed by atoms with Gasteiger partial charge in [-0.1, -0.05) is 90.9 Å². The molecule has 0 rings (SSSR count). The average molecular weight is 887 g/mol. The molecule has 0 aromatic heterocycles. The van der Waals surface area contributed by atoms with E-state index in [4.69, 9.17) is 24.1 Å². The highest BCUT2D eigenvalue weighted by Gasteiger charge is 2.25. The fraction of sp³-hybridized carbons (Fsp3) is 0.822. The molecule has 2 atom stereocenters. The first-order chi connectivity index (χ1) is 29.7. The van der Waals surface area contributed by atoms with Gasteiger partial charge in [-0.2, -0.15) is 0 Å². The van der Waals surface area contributed by atoms with Crippen LogP contribution in [-0.2, 0) is 57.3 Å². The van der Waals surface area contributed by atoms with E-state index in [1.54, 1.807) is 13.8 Å². The standard InChI is InChI=1S/C45H78N2O15/c1-35(2)40(50)33-61-30-29-60-27-25-46-42(52)34-62-31-28-59-26-17-19-37(48)22-23-39(45(57)58)47-41(51)24-21-36(44(55)56)32-38(49)18-15-13-11-9-7-5-3-4-6-8-10-12-14-16-20-43(53)54/h35-36,39H,3-34H2,1-2H3,(H,46,52)(H,47,51)(H,53,54)(H,55,56)(H,57,58)/t36-,39+/m1/s1. The largest absolute Gasteiger partial charge is 0.481 e. The molecular weight excluding hydrogens is 808 g/mol. The summed E-state index contributed by atoms with van der Waals surface area (Å²) < 4.78 is 21.2. The van der Waals surface area contributed by atoms with Crippen molar-refractivity contribution in [2.24, 2.45) is 11.8 Å². The number of unbranched alkanes of at least 4 members (excludes halogenated alkanes) is 13. The molecule has 2 amide bonds. The summed E-state index contributed by atoms with van der Waals surface area (Å²) in [6.45, 7) is 5.31. The molecule has 0 radical (unpaired) electrons. The van der Waals surface area contributed by atoms with E-state index < -0.39 is 35.8 Å². The maximum Gasteiger partial charge on any atom is 0.326 e. The van der Waals surface area contributed by atoms with Crippen molar-refractivity contribution in [1.29, 1.82) is 0 Å². The van der Waals surface area contributed by atoms with Crippen LogP contribution in [0.1, 0.15) is 162 Å². The number of amides is 2. The molecule has 0 spiro atoms. The molecular formula is C45H78N2O15. The quantitative estimate of drug-likeness (QED) is 0.0449.